The molecule has 2 nitrogen and oxygen atoms in total. The SMILES string of the molecule is Clc1ccc(-c2nc(CNC3CC3)cs2)s1. The molecule has 1 aliphatic rings. The summed E-state index contributed by atoms with van der Waals surface area (Å²) in [5, 5.41) is 6.66. The molecule has 2 aromatic rings. The van der Waals surface area contributed by atoms with E-state index < -0.39 is 0 Å². The molecule has 0 saturated heterocycles. The molecule has 0 unspecified atom stereocenters. The summed E-state index contributed by atoms with van der Waals surface area (Å²) >= 11 is 9.18. The van der Waals surface area contributed by atoms with Crippen LogP contribution >= 0.6 is 34.3 Å². The number of rotatable bonds is 4. The first kappa shape index (κ1) is 10.7. The van der Waals surface area contributed by atoms with E-state index in [1.54, 1.807) is 22.7 Å². The lowest BCUT2D eigenvalue weighted by molar-refractivity contribution is 0.678. The zero-order valence-corrected chi connectivity index (χ0v) is 11.0. The van der Waals surface area contributed by atoms with E-state index in [0.717, 1.165) is 32.5 Å². The van der Waals surface area contributed by atoms with Gasteiger partial charge in [-0.2, -0.15) is 0 Å². The Morgan fingerprint density at radius 2 is 2.31 bits per heavy atom. The Kier molecular flexibility index (Phi) is 2.98. The van der Waals surface area contributed by atoms with Gasteiger partial charge in [-0.15, -0.1) is 22.7 Å². The molecule has 0 aromatic carbocycles. The smallest absolute Gasteiger partial charge is 0.133 e. The predicted octanol–water partition coefficient (Wildman–Crippen LogP) is 3.78. The number of nitrogens with one attached hydrogen (secondary N) is 1. The zero-order valence-electron chi connectivity index (χ0n) is 8.57. The third kappa shape index (κ3) is 2.46. The highest BCUT2D eigenvalue weighted by atomic mass is 35.5. The second-order valence-electron chi connectivity index (χ2n) is 3.90. The van der Waals surface area contributed by atoms with Crippen molar-refractivity contribution >= 4 is 34.3 Å². The summed E-state index contributed by atoms with van der Waals surface area (Å²) in [6.07, 6.45) is 2.63. The predicted molar refractivity (Wildman–Crippen MR) is 70.3 cm³/mol. The van der Waals surface area contributed by atoms with Crippen molar-refractivity contribution in [2.24, 2.45) is 0 Å². The van der Waals surface area contributed by atoms with Crippen LogP contribution in [0.5, 0.6) is 0 Å². The average molecular weight is 271 g/mol. The highest BCUT2D eigenvalue weighted by Crippen LogP contribution is 2.33. The Bertz CT molecular complexity index is 488. The number of thiazole rings is 1. The van der Waals surface area contributed by atoms with Crippen molar-refractivity contribution in [2.45, 2.75) is 25.4 Å². The van der Waals surface area contributed by atoms with Crippen LogP contribution < -0.4 is 5.32 Å². The molecule has 5 heteroatoms. The second-order valence-corrected chi connectivity index (χ2v) is 6.48. The van der Waals surface area contributed by atoms with Crippen LogP contribution in [0.2, 0.25) is 4.34 Å². The summed E-state index contributed by atoms with van der Waals surface area (Å²) in [5.74, 6) is 0. The summed E-state index contributed by atoms with van der Waals surface area (Å²) < 4.78 is 0.822. The molecule has 0 atom stereocenters. The first-order valence-electron chi connectivity index (χ1n) is 5.25. The Morgan fingerprint density at radius 1 is 1.44 bits per heavy atom. The molecule has 1 N–H and O–H groups in total. The van der Waals surface area contributed by atoms with Gasteiger partial charge >= 0.3 is 0 Å². The van der Waals surface area contributed by atoms with Crippen LogP contribution in [0.25, 0.3) is 9.88 Å². The molecule has 0 aliphatic heterocycles. The van der Waals surface area contributed by atoms with Gasteiger partial charge in [-0.1, -0.05) is 11.6 Å². The van der Waals surface area contributed by atoms with E-state index in [9.17, 15) is 0 Å². The van der Waals surface area contributed by atoms with Crippen LogP contribution in [-0.4, -0.2) is 11.0 Å². The molecule has 16 heavy (non-hydrogen) atoms. The van der Waals surface area contributed by atoms with Crippen molar-refractivity contribution in [1.82, 2.24) is 10.3 Å². The Labute approximate surface area is 107 Å². The fraction of sp³-hybridized carbons (Fsp3) is 0.364. The Hall–Kier alpha value is -0.420. The first-order valence-corrected chi connectivity index (χ1v) is 7.32. The van der Waals surface area contributed by atoms with Crippen molar-refractivity contribution in [2.75, 3.05) is 0 Å². The molecule has 2 heterocycles. The average Bonchev–Trinajstić information content (AvgIpc) is 2.81. The van der Waals surface area contributed by atoms with E-state index in [-0.39, 0.29) is 0 Å². The van der Waals surface area contributed by atoms with E-state index in [2.05, 4.69) is 15.7 Å². The molecular formula is C11H11ClN2S2. The number of aromatic nitrogens is 1. The molecule has 1 saturated carbocycles. The van der Waals surface area contributed by atoms with Crippen molar-refractivity contribution in [1.29, 1.82) is 0 Å². The van der Waals surface area contributed by atoms with Crippen LogP contribution in [0.15, 0.2) is 17.5 Å². The van der Waals surface area contributed by atoms with Crippen LogP contribution in [0, 0.1) is 0 Å². The highest BCUT2D eigenvalue weighted by molar-refractivity contribution is 7.23. The third-order valence-corrected chi connectivity index (χ3v) is 4.78. The number of hydrogen-bond donors (Lipinski definition) is 1. The van der Waals surface area contributed by atoms with Gasteiger partial charge in [0.05, 0.1) is 14.9 Å². The van der Waals surface area contributed by atoms with Gasteiger partial charge < -0.3 is 5.32 Å². The van der Waals surface area contributed by atoms with Crippen molar-refractivity contribution < 1.29 is 0 Å². The molecule has 0 spiro atoms. The lowest BCUT2D eigenvalue weighted by atomic mass is 10.4. The van der Waals surface area contributed by atoms with Crippen LogP contribution in [0.1, 0.15) is 18.5 Å². The topological polar surface area (TPSA) is 24.9 Å². The van der Waals surface area contributed by atoms with E-state index in [1.807, 2.05) is 12.1 Å². The second kappa shape index (κ2) is 4.45. The fourth-order valence-corrected chi connectivity index (χ4v) is 3.40. The summed E-state index contributed by atoms with van der Waals surface area (Å²) in [7, 11) is 0. The summed E-state index contributed by atoms with van der Waals surface area (Å²) in [4.78, 5) is 5.76. The van der Waals surface area contributed by atoms with Crippen LogP contribution in [-0.2, 0) is 6.54 Å². The third-order valence-electron chi connectivity index (χ3n) is 2.48. The molecular weight excluding hydrogens is 260 g/mol. The minimum absolute atomic E-state index is 0.737. The molecule has 0 radical (unpaired) electrons. The maximum Gasteiger partial charge on any atom is 0.133 e. The van der Waals surface area contributed by atoms with Gasteiger partial charge in [0.1, 0.15) is 5.01 Å². The molecule has 0 amide bonds. The Morgan fingerprint density at radius 3 is 3.00 bits per heavy atom. The molecule has 1 aliphatic carbocycles. The number of nitrogens with zero attached hydrogens (tertiary/aromatic N) is 1. The molecule has 1 fully saturated rings. The quantitative estimate of drug-likeness (QED) is 0.915. The monoisotopic (exact) mass is 270 g/mol. The molecule has 2 aromatic heterocycles. The van der Waals surface area contributed by atoms with E-state index in [0.29, 0.717) is 0 Å². The van der Waals surface area contributed by atoms with Gasteiger partial charge in [0, 0.05) is 18.0 Å². The van der Waals surface area contributed by atoms with E-state index in [1.165, 1.54) is 12.8 Å². The summed E-state index contributed by atoms with van der Waals surface area (Å²) in [6, 6.07) is 4.69. The maximum atomic E-state index is 5.91. The minimum Gasteiger partial charge on any atom is -0.308 e. The molecule has 3 rings (SSSR count). The summed E-state index contributed by atoms with van der Waals surface area (Å²) in [6.45, 7) is 0.889. The highest BCUT2D eigenvalue weighted by Gasteiger charge is 2.20. The van der Waals surface area contributed by atoms with Crippen LogP contribution in [0.3, 0.4) is 0 Å². The fourth-order valence-electron chi connectivity index (χ4n) is 1.47. The maximum absolute atomic E-state index is 5.91. The summed E-state index contributed by atoms with van der Waals surface area (Å²) in [5.41, 5.74) is 1.14. The van der Waals surface area contributed by atoms with Gasteiger partial charge in [0.2, 0.25) is 0 Å². The van der Waals surface area contributed by atoms with Gasteiger partial charge in [-0.3, -0.25) is 0 Å². The molecule has 84 valence electrons. The molecule has 0 bridgehead atoms. The van der Waals surface area contributed by atoms with E-state index in [4.69, 9.17) is 11.6 Å². The lowest BCUT2D eigenvalue weighted by Crippen LogP contribution is -2.15. The number of halogens is 1. The van der Waals surface area contributed by atoms with E-state index >= 15 is 0 Å². The number of thiophene rings is 1. The standard InChI is InChI=1S/C11H11ClN2S2/c12-10-4-3-9(16-10)11-14-8(6-15-11)5-13-7-1-2-7/h3-4,6-7,13H,1-2,5H2. The van der Waals surface area contributed by atoms with Gasteiger partial charge in [0.25, 0.3) is 0 Å². The number of hydrogen-bond acceptors (Lipinski definition) is 4. The van der Waals surface area contributed by atoms with Gasteiger partial charge in [-0.05, 0) is 25.0 Å². The lowest BCUT2D eigenvalue weighted by Gasteiger charge is -1.97. The van der Waals surface area contributed by atoms with Crippen molar-refractivity contribution in [3.8, 4) is 9.88 Å². The zero-order chi connectivity index (χ0) is 11.0. The van der Waals surface area contributed by atoms with Crippen molar-refractivity contribution in [3.05, 3.63) is 27.5 Å². The van der Waals surface area contributed by atoms with Crippen molar-refractivity contribution in [3.63, 3.8) is 0 Å². The first-order chi connectivity index (χ1) is 7.81. The van der Waals surface area contributed by atoms with Crippen LogP contribution in [0.4, 0.5) is 0 Å². The van der Waals surface area contributed by atoms with Gasteiger partial charge in [0.15, 0.2) is 0 Å². The minimum atomic E-state index is 0.737. The Balaban J connectivity index is 1.71. The van der Waals surface area contributed by atoms with Gasteiger partial charge in [-0.25, -0.2) is 4.98 Å². The largest absolute Gasteiger partial charge is 0.308 e. The normalized spacial score (nSPS) is 15.6.